The molecule has 0 aliphatic carbocycles. The van der Waals surface area contributed by atoms with Crippen LogP contribution in [0.1, 0.15) is 25.0 Å². The molecule has 0 aliphatic heterocycles. The summed E-state index contributed by atoms with van der Waals surface area (Å²) in [6.07, 6.45) is -0.147. The van der Waals surface area contributed by atoms with Gasteiger partial charge in [0.05, 0.1) is 6.10 Å². The first-order valence-electron chi connectivity index (χ1n) is 5.26. The van der Waals surface area contributed by atoms with Gasteiger partial charge in [0.25, 0.3) is 0 Å². The maximum Gasteiger partial charge on any atom is 0.128 e. The molecule has 1 unspecified atom stereocenters. The van der Waals surface area contributed by atoms with Crippen molar-refractivity contribution in [3.05, 3.63) is 35.6 Å². The zero-order valence-electron chi connectivity index (χ0n) is 9.28. The molecule has 0 aliphatic rings. The fraction of sp³-hybridized carbons (Fsp3) is 0.500. The van der Waals surface area contributed by atoms with Crippen molar-refractivity contribution in [1.29, 1.82) is 0 Å². The van der Waals surface area contributed by atoms with E-state index in [2.05, 4.69) is 11.8 Å². The Labute approximate surface area is 90.3 Å². The van der Waals surface area contributed by atoms with Gasteiger partial charge in [0.15, 0.2) is 0 Å². The van der Waals surface area contributed by atoms with Crippen molar-refractivity contribution in [3.63, 3.8) is 0 Å². The zero-order chi connectivity index (χ0) is 11.3. The van der Waals surface area contributed by atoms with Crippen LogP contribution in [0.5, 0.6) is 0 Å². The fourth-order valence-corrected chi connectivity index (χ4v) is 1.40. The Morgan fingerprint density at radius 2 is 2.07 bits per heavy atom. The van der Waals surface area contributed by atoms with Crippen LogP contribution in [0.25, 0.3) is 0 Å². The number of hydrogen-bond donors (Lipinski definition) is 1. The number of aliphatic hydroxyl groups excluding tert-OH is 1. The minimum Gasteiger partial charge on any atom is -0.388 e. The highest BCUT2D eigenvalue weighted by Crippen LogP contribution is 2.19. The van der Waals surface area contributed by atoms with Crippen molar-refractivity contribution in [2.45, 2.75) is 19.4 Å². The second-order valence-electron chi connectivity index (χ2n) is 3.72. The van der Waals surface area contributed by atoms with Crippen LogP contribution in [0.15, 0.2) is 24.3 Å². The topological polar surface area (TPSA) is 23.5 Å². The summed E-state index contributed by atoms with van der Waals surface area (Å²) in [7, 11) is 1.98. The van der Waals surface area contributed by atoms with Crippen LogP contribution in [0, 0.1) is 5.82 Å². The molecule has 1 N–H and O–H groups in total. The van der Waals surface area contributed by atoms with Gasteiger partial charge in [-0.15, -0.1) is 0 Å². The maximum absolute atomic E-state index is 13.3. The van der Waals surface area contributed by atoms with Crippen molar-refractivity contribution in [2.75, 3.05) is 20.1 Å². The van der Waals surface area contributed by atoms with Gasteiger partial charge in [-0.25, -0.2) is 4.39 Å². The van der Waals surface area contributed by atoms with Crippen LogP contribution in [0.4, 0.5) is 4.39 Å². The third-order valence-corrected chi connectivity index (χ3v) is 2.59. The lowest BCUT2D eigenvalue weighted by Crippen LogP contribution is -2.20. The van der Waals surface area contributed by atoms with Gasteiger partial charge >= 0.3 is 0 Å². The second-order valence-corrected chi connectivity index (χ2v) is 3.72. The first-order chi connectivity index (χ1) is 7.15. The molecule has 0 spiro atoms. The van der Waals surface area contributed by atoms with Crippen molar-refractivity contribution in [3.8, 4) is 0 Å². The molecule has 84 valence electrons. The number of rotatable bonds is 5. The summed E-state index contributed by atoms with van der Waals surface area (Å²) in [6.45, 7) is 3.76. The number of nitrogens with zero attached hydrogens (tertiary/aromatic N) is 1. The number of aliphatic hydroxyl groups is 1. The molecular formula is C12H18FNO. The lowest BCUT2D eigenvalue weighted by atomic mass is 10.1. The Morgan fingerprint density at radius 3 is 2.67 bits per heavy atom. The molecule has 2 nitrogen and oxygen atoms in total. The summed E-state index contributed by atoms with van der Waals surface area (Å²) in [4.78, 5) is 2.09. The summed E-state index contributed by atoms with van der Waals surface area (Å²) < 4.78 is 13.3. The zero-order valence-corrected chi connectivity index (χ0v) is 9.28. The van der Waals surface area contributed by atoms with E-state index in [0.717, 1.165) is 13.1 Å². The molecule has 1 atom stereocenters. The van der Waals surface area contributed by atoms with Gasteiger partial charge in [-0.2, -0.15) is 0 Å². The van der Waals surface area contributed by atoms with Gasteiger partial charge in [-0.3, -0.25) is 0 Å². The molecular weight excluding hydrogens is 193 g/mol. The third kappa shape index (κ3) is 3.61. The van der Waals surface area contributed by atoms with Crippen molar-refractivity contribution >= 4 is 0 Å². The van der Waals surface area contributed by atoms with E-state index in [1.54, 1.807) is 18.2 Å². The Kier molecular flexibility index (Phi) is 4.72. The molecule has 0 aromatic heterocycles. The van der Waals surface area contributed by atoms with Gasteiger partial charge in [0.1, 0.15) is 5.82 Å². The lowest BCUT2D eigenvalue weighted by Gasteiger charge is -2.17. The number of halogens is 1. The average molecular weight is 211 g/mol. The summed E-state index contributed by atoms with van der Waals surface area (Å²) >= 11 is 0. The van der Waals surface area contributed by atoms with E-state index in [0.29, 0.717) is 12.0 Å². The van der Waals surface area contributed by atoms with Crippen LogP contribution in [0.2, 0.25) is 0 Å². The summed E-state index contributed by atoms with van der Waals surface area (Å²) in [5, 5.41) is 9.78. The maximum atomic E-state index is 13.3. The minimum absolute atomic E-state index is 0.329. The highest BCUT2D eigenvalue weighted by molar-refractivity contribution is 5.19. The van der Waals surface area contributed by atoms with Crippen LogP contribution in [-0.2, 0) is 0 Å². The van der Waals surface area contributed by atoms with E-state index < -0.39 is 6.10 Å². The van der Waals surface area contributed by atoms with Gasteiger partial charge < -0.3 is 10.0 Å². The molecule has 0 fully saturated rings. The lowest BCUT2D eigenvalue weighted by molar-refractivity contribution is 0.146. The van der Waals surface area contributed by atoms with Gasteiger partial charge in [-0.05, 0) is 26.1 Å². The molecule has 15 heavy (non-hydrogen) atoms. The molecule has 0 saturated carbocycles. The molecule has 1 rings (SSSR count). The molecule has 3 heteroatoms. The van der Waals surface area contributed by atoms with Crippen LogP contribution >= 0.6 is 0 Å². The Hall–Kier alpha value is -0.930. The quantitative estimate of drug-likeness (QED) is 0.807. The first-order valence-corrected chi connectivity index (χ1v) is 5.26. The molecule has 0 heterocycles. The fourth-order valence-electron chi connectivity index (χ4n) is 1.40. The average Bonchev–Trinajstić information content (AvgIpc) is 2.26. The second kappa shape index (κ2) is 5.83. The van der Waals surface area contributed by atoms with Gasteiger partial charge in [-0.1, -0.05) is 25.1 Å². The monoisotopic (exact) mass is 211 g/mol. The predicted octanol–water partition coefficient (Wildman–Crippen LogP) is 2.20. The van der Waals surface area contributed by atoms with E-state index in [9.17, 15) is 9.50 Å². The molecule has 1 aromatic carbocycles. The summed E-state index contributed by atoms with van der Waals surface area (Å²) in [5.41, 5.74) is 0.391. The van der Waals surface area contributed by atoms with Crippen LogP contribution in [-0.4, -0.2) is 30.1 Å². The van der Waals surface area contributed by atoms with Crippen molar-refractivity contribution in [2.24, 2.45) is 0 Å². The third-order valence-electron chi connectivity index (χ3n) is 2.59. The predicted molar refractivity (Wildman–Crippen MR) is 59.1 cm³/mol. The highest BCUT2D eigenvalue weighted by Gasteiger charge is 2.12. The Morgan fingerprint density at radius 1 is 1.40 bits per heavy atom. The van der Waals surface area contributed by atoms with E-state index in [4.69, 9.17) is 0 Å². The van der Waals surface area contributed by atoms with Crippen molar-refractivity contribution < 1.29 is 9.50 Å². The largest absolute Gasteiger partial charge is 0.388 e. The standard InChI is InChI=1S/C12H18FNO/c1-3-14(2)9-8-12(15)10-6-4-5-7-11(10)13/h4-7,12,15H,3,8-9H2,1-2H3. The summed E-state index contributed by atoms with van der Waals surface area (Å²) in [5.74, 6) is -0.329. The minimum atomic E-state index is -0.708. The van der Waals surface area contributed by atoms with E-state index in [1.807, 2.05) is 7.05 Å². The van der Waals surface area contributed by atoms with Crippen LogP contribution in [0.3, 0.4) is 0 Å². The van der Waals surface area contributed by atoms with E-state index in [-0.39, 0.29) is 5.82 Å². The smallest absolute Gasteiger partial charge is 0.128 e. The van der Waals surface area contributed by atoms with E-state index >= 15 is 0 Å². The van der Waals surface area contributed by atoms with Gasteiger partial charge in [0, 0.05) is 12.1 Å². The first kappa shape index (κ1) is 12.1. The molecule has 1 aromatic rings. The molecule has 0 bridgehead atoms. The summed E-state index contributed by atoms with van der Waals surface area (Å²) in [6, 6.07) is 6.38. The van der Waals surface area contributed by atoms with Crippen molar-refractivity contribution in [1.82, 2.24) is 4.90 Å². The Balaban J connectivity index is 2.54. The normalized spacial score (nSPS) is 13.1. The van der Waals surface area contributed by atoms with Crippen LogP contribution < -0.4 is 0 Å². The molecule has 0 amide bonds. The van der Waals surface area contributed by atoms with E-state index in [1.165, 1.54) is 6.07 Å². The van der Waals surface area contributed by atoms with Gasteiger partial charge in [0.2, 0.25) is 0 Å². The molecule has 0 radical (unpaired) electrons. The number of benzene rings is 1. The highest BCUT2D eigenvalue weighted by atomic mass is 19.1. The molecule has 0 saturated heterocycles. The number of hydrogen-bond acceptors (Lipinski definition) is 2. The Bertz CT molecular complexity index is 303. The SMILES string of the molecule is CCN(C)CCC(O)c1ccccc1F.